The topological polar surface area (TPSA) is 104 Å². The SMILES string of the molecule is Cc1cc(F)c(COc2nsc(NC(=O)NCCCCCCN(C)C)c2C(=O)O)c(F)c1F. The van der Waals surface area contributed by atoms with Crippen LogP contribution in [0.1, 0.15) is 47.2 Å². The molecule has 12 heteroatoms. The summed E-state index contributed by atoms with van der Waals surface area (Å²) in [6.07, 6.45) is 3.81. The highest BCUT2D eigenvalue weighted by Crippen LogP contribution is 2.31. The van der Waals surface area contributed by atoms with Gasteiger partial charge in [-0.25, -0.2) is 22.8 Å². The van der Waals surface area contributed by atoms with Gasteiger partial charge in [-0.05, 0) is 63.6 Å². The monoisotopic (exact) mass is 488 g/mol. The number of unbranched alkanes of at least 4 members (excludes halogenated alkanes) is 3. The van der Waals surface area contributed by atoms with E-state index in [-0.39, 0.29) is 10.6 Å². The Kier molecular flexibility index (Phi) is 9.92. The number of amides is 2. The van der Waals surface area contributed by atoms with Crippen molar-refractivity contribution in [1.82, 2.24) is 14.6 Å². The number of aromatic nitrogens is 1. The number of carboxylic acids is 1. The fourth-order valence-corrected chi connectivity index (χ4v) is 3.65. The van der Waals surface area contributed by atoms with Gasteiger partial charge in [-0.3, -0.25) is 5.32 Å². The Morgan fingerprint density at radius 3 is 2.52 bits per heavy atom. The molecule has 0 radical (unpaired) electrons. The Hall–Kier alpha value is -2.86. The molecular formula is C21H27F3N4O4S. The van der Waals surface area contributed by atoms with Gasteiger partial charge < -0.3 is 20.1 Å². The fourth-order valence-electron chi connectivity index (χ4n) is 2.93. The summed E-state index contributed by atoms with van der Waals surface area (Å²) in [5, 5.41) is 14.4. The van der Waals surface area contributed by atoms with Crippen molar-refractivity contribution in [2.45, 2.75) is 39.2 Å². The minimum atomic E-state index is -1.45. The smallest absolute Gasteiger partial charge is 0.344 e. The number of nitrogens with one attached hydrogen (secondary N) is 2. The van der Waals surface area contributed by atoms with Gasteiger partial charge in [-0.2, -0.15) is 4.37 Å². The number of halogens is 3. The minimum absolute atomic E-state index is 0.1000. The second-order valence-corrected chi connectivity index (χ2v) is 8.44. The molecule has 1 heterocycles. The number of benzene rings is 1. The Bertz CT molecular complexity index is 985. The Balaban J connectivity index is 1.93. The number of hydrogen-bond donors (Lipinski definition) is 3. The lowest BCUT2D eigenvalue weighted by atomic mass is 10.1. The Morgan fingerprint density at radius 2 is 1.85 bits per heavy atom. The number of ether oxygens (including phenoxy) is 1. The van der Waals surface area contributed by atoms with Crippen LogP contribution >= 0.6 is 11.5 Å². The van der Waals surface area contributed by atoms with Gasteiger partial charge >= 0.3 is 12.0 Å². The highest BCUT2D eigenvalue weighted by atomic mass is 32.1. The number of carbonyl (C=O) groups excluding carboxylic acids is 1. The summed E-state index contributed by atoms with van der Waals surface area (Å²) in [6, 6.07) is 0.203. The summed E-state index contributed by atoms with van der Waals surface area (Å²) < 4.78 is 50.7. The van der Waals surface area contributed by atoms with Crippen molar-refractivity contribution in [3.63, 3.8) is 0 Å². The van der Waals surface area contributed by atoms with Crippen LogP contribution in [0.5, 0.6) is 5.88 Å². The van der Waals surface area contributed by atoms with Crippen molar-refractivity contribution >= 4 is 28.5 Å². The predicted octanol–water partition coefficient (Wildman–Crippen LogP) is 4.39. The zero-order chi connectivity index (χ0) is 24.5. The summed E-state index contributed by atoms with van der Waals surface area (Å²) in [7, 11) is 4.01. The molecule has 8 nitrogen and oxygen atoms in total. The molecule has 2 aromatic rings. The highest BCUT2D eigenvalue weighted by Gasteiger charge is 2.25. The molecule has 182 valence electrons. The van der Waals surface area contributed by atoms with E-state index >= 15 is 0 Å². The number of aryl methyl sites for hydroxylation is 1. The molecule has 2 rings (SSSR count). The number of urea groups is 1. The van der Waals surface area contributed by atoms with Crippen molar-refractivity contribution in [2.24, 2.45) is 0 Å². The predicted molar refractivity (Wildman–Crippen MR) is 119 cm³/mol. The lowest BCUT2D eigenvalue weighted by molar-refractivity contribution is 0.0693. The molecule has 0 bridgehead atoms. The van der Waals surface area contributed by atoms with Crippen LogP contribution in [0.4, 0.5) is 23.0 Å². The van der Waals surface area contributed by atoms with Crippen LogP contribution in [0.3, 0.4) is 0 Å². The molecule has 3 N–H and O–H groups in total. The largest absolute Gasteiger partial charge is 0.477 e. The van der Waals surface area contributed by atoms with E-state index in [0.29, 0.717) is 18.1 Å². The molecule has 33 heavy (non-hydrogen) atoms. The molecule has 1 aromatic carbocycles. The number of nitrogens with zero attached hydrogens (tertiary/aromatic N) is 2. The summed E-state index contributed by atoms with van der Waals surface area (Å²) in [5.41, 5.74) is -1.37. The molecule has 0 atom stereocenters. The van der Waals surface area contributed by atoms with E-state index in [4.69, 9.17) is 4.74 Å². The van der Waals surface area contributed by atoms with Crippen molar-refractivity contribution < 1.29 is 32.6 Å². The maximum atomic E-state index is 14.0. The second-order valence-electron chi connectivity index (χ2n) is 7.67. The zero-order valence-corrected chi connectivity index (χ0v) is 19.5. The summed E-state index contributed by atoms with van der Waals surface area (Å²) in [5.74, 6) is -5.56. The maximum absolute atomic E-state index is 14.0. The molecule has 0 aliphatic heterocycles. The average Bonchev–Trinajstić information content (AvgIpc) is 3.13. The third-order valence-corrected chi connectivity index (χ3v) is 5.45. The van der Waals surface area contributed by atoms with Gasteiger partial charge in [0.1, 0.15) is 17.4 Å². The van der Waals surface area contributed by atoms with E-state index in [0.717, 1.165) is 38.3 Å². The van der Waals surface area contributed by atoms with Crippen molar-refractivity contribution in [3.05, 3.63) is 40.2 Å². The molecular weight excluding hydrogens is 461 g/mol. The number of aromatic carboxylic acids is 1. The number of carbonyl (C=O) groups is 2. The Morgan fingerprint density at radius 1 is 1.15 bits per heavy atom. The van der Waals surface area contributed by atoms with Gasteiger partial charge in [-0.1, -0.05) is 12.8 Å². The first-order valence-electron chi connectivity index (χ1n) is 10.3. The van der Waals surface area contributed by atoms with Gasteiger partial charge in [0.25, 0.3) is 0 Å². The number of anilines is 1. The number of rotatable bonds is 12. The van der Waals surface area contributed by atoms with E-state index < -0.39 is 53.1 Å². The van der Waals surface area contributed by atoms with E-state index in [1.807, 2.05) is 14.1 Å². The van der Waals surface area contributed by atoms with Crippen LogP contribution in [0.2, 0.25) is 0 Å². The average molecular weight is 489 g/mol. The third-order valence-electron chi connectivity index (χ3n) is 4.71. The van der Waals surface area contributed by atoms with Gasteiger partial charge in [0, 0.05) is 6.54 Å². The third kappa shape index (κ3) is 7.60. The first-order chi connectivity index (χ1) is 15.6. The standard InChI is InChI=1S/C21H27F3N4O4S/c1-12-10-14(22)13(17(24)16(12)23)11-32-18-15(20(29)30)19(33-27-18)26-21(31)25-8-6-4-5-7-9-28(2)3/h10H,4-9,11H2,1-3H3,(H,29,30)(H2,25,26,31). The molecule has 1 aromatic heterocycles. The van der Waals surface area contributed by atoms with E-state index in [1.54, 1.807) is 0 Å². The first kappa shape index (κ1) is 26.4. The van der Waals surface area contributed by atoms with E-state index in [9.17, 15) is 27.9 Å². The first-order valence-corrected chi connectivity index (χ1v) is 11.1. The van der Waals surface area contributed by atoms with Crippen molar-refractivity contribution in [3.8, 4) is 5.88 Å². The number of carboxylic acid groups (broad SMARTS) is 1. The van der Waals surface area contributed by atoms with Crippen LogP contribution in [-0.2, 0) is 6.61 Å². The second kappa shape index (κ2) is 12.4. The minimum Gasteiger partial charge on any atom is -0.477 e. The molecule has 0 saturated heterocycles. The Labute approximate surface area is 193 Å². The lowest BCUT2D eigenvalue weighted by Gasteiger charge is -2.10. The quantitative estimate of drug-likeness (QED) is 0.302. The van der Waals surface area contributed by atoms with Gasteiger partial charge in [0.05, 0.1) is 5.56 Å². The maximum Gasteiger partial charge on any atom is 0.344 e. The molecule has 0 aliphatic rings. The summed E-state index contributed by atoms with van der Waals surface area (Å²) >= 11 is 0.641. The summed E-state index contributed by atoms with van der Waals surface area (Å²) in [6.45, 7) is 1.84. The van der Waals surface area contributed by atoms with Crippen LogP contribution in [-0.4, -0.2) is 53.6 Å². The molecule has 0 saturated carbocycles. The van der Waals surface area contributed by atoms with Gasteiger partial charge in [0.15, 0.2) is 17.2 Å². The van der Waals surface area contributed by atoms with Crippen LogP contribution in [0.15, 0.2) is 6.07 Å². The fraction of sp³-hybridized carbons (Fsp3) is 0.476. The van der Waals surface area contributed by atoms with E-state index in [2.05, 4.69) is 19.9 Å². The van der Waals surface area contributed by atoms with Crippen LogP contribution < -0.4 is 15.4 Å². The molecule has 0 spiro atoms. The summed E-state index contributed by atoms with van der Waals surface area (Å²) in [4.78, 5) is 25.8. The molecule has 2 amide bonds. The van der Waals surface area contributed by atoms with Gasteiger partial charge in [0.2, 0.25) is 5.88 Å². The molecule has 0 aliphatic carbocycles. The van der Waals surface area contributed by atoms with Crippen LogP contribution in [0, 0.1) is 24.4 Å². The molecule has 0 unspecified atom stereocenters. The molecule has 0 fully saturated rings. The van der Waals surface area contributed by atoms with Crippen molar-refractivity contribution in [2.75, 3.05) is 32.5 Å². The highest BCUT2D eigenvalue weighted by molar-refractivity contribution is 7.11. The normalized spacial score (nSPS) is 11.0. The van der Waals surface area contributed by atoms with Crippen molar-refractivity contribution in [1.29, 1.82) is 0 Å². The zero-order valence-electron chi connectivity index (χ0n) is 18.6. The van der Waals surface area contributed by atoms with Gasteiger partial charge in [-0.15, -0.1) is 0 Å². The van der Waals surface area contributed by atoms with E-state index in [1.165, 1.54) is 6.92 Å². The van der Waals surface area contributed by atoms with Crippen LogP contribution in [0.25, 0.3) is 0 Å². The number of hydrogen-bond acceptors (Lipinski definition) is 6. The lowest BCUT2D eigenvalue weighted by Crippen LogP contribution is -2.29.